The Bertz CT molecular complexity index is 205. The van der Waals surface area contributed by atoms with Gasteiger partial charge in [0.2, 0.25) is 0 Å². The molecule has 0 atom stereocenters. The van der Waals surface area contributed by atoms with Gasteiger partial charge in [-0.1, -0.05) is 6.92 Å². The van der Waals surface area contributed by atoms with Gasteiger partial charge in [0, 0.05) is 5.69 Å². The maximum absolute atomic E-state index is 5.58. The zero-order valence-corrected chi connectivity index (χ0v) is 6.29. The fraction of sp³-hybridized carbons (Fsp3) is 0.500. The number of nitrogens with one attached hydrogen (secondary N) is 1. The molecule has 0 radical (unpaired) electrons. The van der Waals surface area contributed by atoms with Crippen molar-refractivity contribution < 1.29 is 0 Å². The molecule has 0 bridgehead atoms. The molecule has 1 rings (SSSR count). The number of nitrogens with zero attached hydrogens (tertiary/aromatic N) is 1. The minimum Gasteiger partial charge on any atom is -0.333 e. The largest absolute Gasteiger partial charge is 0.333 e. The highest BCUT2D eigenvalue weighted by Crippen LogP contribution is 2.08. The number of hydrogen-bond acceptors (Lipinski definition) is 1. The first-order valence-corrected chi connectivity index (χ1v) is 3.32. The lowest BCUT2D eigenvalue weighted by molar-refractivity contribution is 1.04. The molecule has 0 spiro atoms. The van der Waals surface area contributed by atoms with Crippen molar-refractivity contribution in [3.8, 4) is 0 Å². The molecule has 9 heavy (non-hydrogen) atoms. The van der Waals surface area contributed by atoms with Crippen LogP contribution in [0, 0.1) is 6.92 Å². The van der Waals surface area contributed by atoms with Gasteiger partial charge in [-0.05, 0) is 24.9 Å². The summed E-state index contributed by atoms with van der Waals surface area (Å²) in [5, 5.41) is 0.490. The van der Waals surface area contributed by atoms with Crippen LogP contribution in [-0.2, 0) is 6.42 Å². The normalized spacial score (nSPS) is 10.1. The summed E-state index contributed by atoms with van der Waals surface area (Å²) in [6.45, 7) is 4.03. The van der Waals surface area contributed by atoms with E-state index in [1.165, 1.54) is 0 Å². The summed E-state index contributed by atoms with van der Waals surface area (Å²) in [6.07, 6.45) is 0.940. The Morgan fingerprint density at radius 3 is 2.56 bits per heavy atom. The topological polar surface area (TPSA) is 28.7 Å². The molecule has 1 heterocycles. The monoisotopic (exact) mass is 144 g/mol. The van der Waals surface area contributed by atoms with Gasteiger partial charge < -0.3 is 4.98 Å². The molecule has 0 fully saturated rings. The SMILES string of the molecule is CCc1nc(Cl)[nH]c1C. The Morgan fingerprint density at radius 2 is 2.33 bits per heavy atom. The third-order valence-electron chi connectivity index (χ3n) is 1.29. The van der Waals surface area contributed by atoms with Crippen molar-refractivity contribution in [2.45, 2.75) is 20.3 Å². The molecule has 0 amide bonds. The van der Waals surface area contributed by atoms with E-state index in [0.29, 0.717) is 5.28 Å². The number of halogens is 1. The van der Waals surface area contributed by atoms with Crippen molar-refractivity contribution in [2.75, 3.05) is 0 Å². The van der Waals surface area contributed by atoms with Crippen LogP contribution in [-0.4, -0.2) is 9.97 Å². The van der Waals surface area contributed by atoms with E-state index < -0.39 is 0 Å². The van der Waals surface area contributed by atoms with Crippen LogP contribution in [0.15, 0.2) is 0 Å². The molecule has 0 unspecified atom stereocenters. The van der Waals surface area contributed by atoms with Gasteiger partial charge in [0.25, 0.3) is 0 Å². The fourth-order valence-corrected chi connectivity index (χ4v) is 1.05. The second-order valence-electron chi connectivity index (χ2n) is 1.95. The summed E-state index contributed by atoms with van der Waals surface area (Å²) in [5.74, 6) is 0. The predicted octanol–water partition coefficient (Wildman–Crippen LogP) is 1.93. The minimum absolute atomic E-state index is 0.490. The molecule has 1 aromatic heterocycles. The third kappa shape index (κ3) is 1.24. The number of aromatic nitrogens is 2. The van der Waals surface area contributed by atoms with Crippen molar-refractivity contribution in [3.63, 3.8) is 0 Å². The first-order chi connectivity index (χ1) is 4.24. The number of aromatic amines is 1. The Kier molecular flexibility index (Phi) is 1.76. The zero-order chi connectivity index (χ0) is 6.85. The lowest BCUT2D eigenvalue weighted by Crippen LogP contribution is -1.81. The summed E-state index contributed by atoms with van der Waals surface area (Å²) in [5.41, 5.74) is 2.13. The minimum atomic E-state index is 0.490. The van der Waals surface area contributed by atoms with E-state index in [2.05, 4.69) is 16.9 Å². The molecule has 3 heteroatoms. The Balaban J connectivity index is 3.01. The Hall–Kier alpha value is -0.500. The molecule has 0 aromatic carbocycles. The van der Waals surface area contributed by atoms with Crippen LogP contribution in [0.5, 0.6) is 0 Å². The Morgan fingerprint density at radius 1 is 1.67 bits per heavy atom. The third-order valence-corrected chi connectivity index (χ3v) is 1.47. The van der Waals surface area contributed by atoms with E-state index in [4.69, 9.17) is 11.6 Å². The zero-order valence-electron chi connectivity index (χ0n) is 5.53. The summed E-state index contributed by atoms with van der Waals surface area (Å²) >= 11 is 5.58. The van der Waals surface area contributed by atoms with E-state index in [1.807, 2.05) is 6.92 Å². The highest BCUT2D eigenvalue weighted by atomic mass is 35.5. The van der Waals surface area contributed by atoms with Crippen LogP contribution in [0.2, 0.25) is 5.28 Å². The summed E-state index contributed by atoms with van der Waals surface area (Å²) in [7, 11) is 0. The maximum atomic E-state index is 5.58. The molecule has 1 N–H and O–H groups in total. The van der Waals surface area contributed by atoms with Gasteiger partial charge in [-0.15, -0.1) is 0 Å². The van der Waals surface area contributed by atoms with Crippen molar-refractivity contribution in [3.05, 3.63) is 16.7 Å². The van der Waals surface area contributed by atoms with Crippen molar-refractivity contribution >= 4 is 11.6 Å². The maximum Gasteiger partial charge on any atom is 0.200 e. The first-order valence-electron chi connectivity index (χ1n) is 2.95. The fourth-order valence-electron chi connectivity index (χ4n) is 0.801. The number of H-pyrrole nitrogens is 1. The van der Waals surface area contributed by atoms with Crippen LogP contribution in [0.4, 0.5) is 0 Å². The van der Waals surface area contributed by atoms with E-state index in [0.717, 1.165) is 17.8 Å². The lowest BCUT2D eigenvalue weighted by atomic mass is 10.3. The predicted molar refractivity (Wildman–Crippen MR) is 37.7 cm³/mol. The molecular formula is C6H9ClN2. The van der Waals surface area contributed by atoms with Crippen molar-refractivity contribution in [2.24, 2.45) is 0 Å². The average molecular weight is 145 g/mol. The quantitative estimate of drug-likeness (QED) is 0.641. The highest BCUT2D eigenvalue weighted by Gasteiger charge is 1.99. The second kappa shape index (κ2) is 2.40. The van der Waals surface area contributed by atoms with Crippen LogP contribution in [0.3, 0.4) is 0 Å². The van der Waals surface area contributed by atoms with Crippen LogP contribution in [0.1, 0.15) is 18.3 Å². The standard InChI is InChI=1S/C6H9ClN2/c1-3-5-4(2)8-6(7)9-5/h3H2,1-2H3,(H,8,9). The number of aryl methyl sites for hydroxylation is 2. The van der Waals surface area contributed by atoms with Crippen molar-refractivity contribution in [1.82, 2.24) is 9.97 Å². The van der Waals surface area contributed by atoms with Gasteiger partial charge in [-0.3, -0.25) is 0 Å². The lowest BCUT2D eigenvalue weighted by Gasteiger charge is -1.86. The highest BCUT2D eigenvalue weighted by molar-refractivity contribution is 6.28. The van der Waals surface area contributed by atoms with Crippen LogP contribution >= 0.6 is 11.6 Å². The summed E-state index contributed by atoms with van der Waals surface area (Å²) < 4.78 is 0. The van der Waals surface area contributed by atoms with Crippen LogP contribution < -0.4 is 0 Å². The molecule has 1 aromatic rings. The van der Waals surface area contributed by atoms with Gasteiger partial charge in [0.1, 0.15) is 0 Å². The van der Waals surface area contributed by atoms with E-state index in [9.17, 15) is 0 Å². The smallest absolute Gasteiger partial charge is 0.200 e. The summed E-state index contributed by atoms with van der Waals surface area (Å²) in [6, 6.07) is 0. The van der Waals surface area contributed by atoms with E-state index >= 15 is 0 Å². The first kappa shape index (κ1) is 6.62. The van der Waals surface area contributed by atoms with E-state index in [-0.39, 0.29) is 0 Å². The summed E-state index contributed by atoms with van der Waals surface area (Å²) in [4.78, 5) is 6.95. The number of hydrogen-bond donors (Lipinski definition) is 1. The van der Waals surface area contributed by atoms with Crippen LogP contribution in [0.25, 0.3) is 0 Å². The van der Waals surface area contributed by atoms with Crippen molar-refractivity contribution in [1.29, 1.82) is 0 Å². The van der Waals surface area contributed by atoms with Gasteiger partial charge in [0.15, 0.2) is 5.28 Å². The van der Waals surface area contributed by atoms with Gasteiger partial charge >= 0.3 is 0 Å². The molecule has 0 aliphatic carbocycles. The molecule has 2 nitrogen and oxygen atoms in total. The molecule has 0 saturated heterocycles. The number of rotatable bonds is 1. The average Bonchev–Trinajstić information content (AvgIpc) is 2.10. The van der Waals surface area contributed by atoms with Gasteiger partial charge in [-0.2, -0.15) is 0 Å². The second-order valence-corrected chi connectivity index (χ2v) is 2.31. The number of imidazole rings is 1. The molecular weight excluding hydrogens is 136 g/mol. The molecule has 0 aliphatic rings. The molecule has 0 aliphatic heterocycles. The molecule has 50 valence electrons. The Labute approximate surface area is 59.3 Å². The molecule has 0 saturated carbocycles. The van der Waals surface area contributed by atoms with Gasteiger partial charge in [-0.25, -0.2) is 4.98 Å². The van der Waals surface area contributed by atoms with E-state index in [1.54, 1.807) is 0 Å². The van der Waals surface area contributed by atoms with Gasteiger partial charge in [0.05, 0.1) is 5.69 Å².